The number of piperazine rings is 1. The smallest absolute Gasteiger partial charge is 0.243 e. The molecule has 1 aliphatic heterocycles. The Bertz CT molecular complexity index is 450. The van der Waals surface area contributed by atoms with Crippen molar-refractivity contribution in [1.82, 2.24) is 20.4 Å². The van der Waals surface area contributed by atoms with Crippen LogP contribution in [0.15, 0.2) is 4.52 Å². The Morgan fingerprint density at radius 2 is 2.05 bits per heavy atom. The predicted molar refractivity (Wildman–Crippen MR) is 78.9 cm³/mol. The average Bonchev–Trinajstić information content (AvgIpc) is 3.17. The topological polar surface area (TPSA) is 63.4 Å². The average molecular weight is 294 g/mol. The van der Waals surface area contributed by atoms with E-state index in [4.69, 9.17) is 14.2 Å². The summed E-state index contributed by atoms with van der Waals surface area (Å²) in [5.41, 5.74) is -0.306. The Hall–Kier alpha value is -0.980. The van der Waals surface area contributed by atoms with Crippen LogP contribution in [0.25, 0.3) is 0 Å². The number of aromatic nitrogens is 2. The summed E-state index contributed by atoms with van der Waals surface area (Å²) in [7, 11) is 0. The Kier molecular flexibility index (Phi) is 4.57. The molecule has 1 saturated heterocycles. The Morgan fingerprint density at radius 1 is 1.33 bits per heavy atom. The van der Waals surface area contributed by atoms with Gasteiger partial charge in [0.2, 0.25) is 11.7 Å². The molecule has 1 aliphatic carbocycles. The van der Waals surface area contributed by atoms with E-state index in [1.54, 1.807) is 0 Å². The molecule has 6 nitrogen and oxygen atoms in total. The van der Waals surface area contributed by atoms with E-state index in [2.05, 4.69) is 22.3 Å². The third-order valence-corrected chi connectivity index (χ3v) is 4.74. The normalized spacial score (nSPS) is 24.3. The lowest BCUT2D eigenvalue weighted by molar-refractivity contribution is -0.0469. The van der Waals surface area contributed by atoms with Crippen LogP contribution in [0.2, 0.25) is 0 Å². The standard InChI is InChI=1S/C15H26N4O2/c1-3-20-15(6-4-5-7-15)14-17-13(21-18-14)12(2)19-10-8-16-9-11-19/h12,16H,3-11H2,1-2H3. The molecular formula is C15H26N4O2. The fourth-order valence-electron chi connectivity index (χ4n) is 3.47. The zero-order valence-electron chi connectivity index (χ0n) is 13.1. The SMILES string of the molecule is CCOC1(c2noc(C(C)N3CCNCC3)n2)CCCC1. The second-order valence-electron chi connectivity index (χ2n) is 6.05. The zero-order chi connectivity index (χ0) is 14.7. The van der Waals surface area contributed by atoms with E-state index in [0.29, 0.717) is 6.61 Å². The van der Waals surface area contributed by atoms with Crippen LogP contribution in [0.3, 0.4) is 0 Å². The fraction of sp³-hybridized carbons (Fsp3) is 0.867. The van der Waals surface area contributed by atoms with E-state index in [1.807, 2.05) is 6.92 Å². The third kappa shape index (κ3) is 2.98. The van der Waals surface area contributed by atoms with Crippen molar-refractivity contribution in [2.75, 3.05) is 32.8 Å². The maximum absolute atomic E-state index is 6.01. The minimum absolute atomic E-state index is 0.174. The maximum Gasteiger partial charge on any atom is 0.243 e. The van der Waals surface area contributed by atoms with Gasteiger partial charge >= 0.3 is 0 Å². The van der Waals surface area contributed by atoms with Gasteiger partial charge < -0.3 is 14.6 Å². The number of rotatable bonds is 5. The zero-order valence-corrected chi connectivity index (χ0v) is 13.1. The van der Waals surface area contributed by atoms with Gasteiger partial charge in [-0.25, -0.2) is 0 Å². The van der Waals surface area contributed by atoms with Crippen LogP contribution in [0.5, 0.6) is 0 Å². The highest BCUT2D eigenvalue weighted by Gasteiger charge is 2.41. The molecule has 0 radical (unpaired) electrons. The summed E-state index contributed by atoms with van der Waals surface area (Å²) >= 11 is 0. The van der Waals surface area contributed by atoms with Crippen LogP contribution in [-0.4, -0.2) is 47.8 Å². The summed E-state index contributed by atoms with van der Waals surface area (Å²) in [5, 5.41) is 7.62. The highest BCUT2D eigenvalue weighted by atomic mass is 16.5. The molecule has 1 saturated carbocycles. The Balaban J connectivity index is 1.75. The molecule has 0 amide bonds. The van der Waals surface area contributed by atoms with Gasteiger partial charge in [-0.3, -0.25) is 4.90 Å². The van der Waals surface area contributed by atoms with Crippen LogP contribution in [-0.2, 0) is 10.3 Å². The summed E-state index contributed by atoms with van der Waals surface area (Å²) in [5.74, 6) is 1.47. The van der Waals surface area contributed by atoms with Crippen LogP contribution >= 0.6 is 0 Å². The number of ether oxygens (including phenoxy) is 1. The van der Waals surface area contributed by atoms with E-state index < -0.39 is 0 Å². The molecule has 2 aliphatic rings. The van der Waals surface area contributed by atoms with Crippen LogP contribution in [0.4, 0.5) is 0 Å². The van der Waals surface area contributed by atoms with E-state index in [-0.39, 0.29) is 11.6 Å². The van der Waals surface area contributed by atoms with Gasteiger partial charge in [0.25, 0.3) is 0 Å². The van der Waals surface area contributed by atoms with Crippen molar-refractivity contribution < 1.29 is 9.26 Å². The van der Waals surface area contributed by atoms with Gasteiger partial charge in [-0.05, 0) is 39.5 Å². The van der Waals surface area contributed by atoms with Crippen molar-refractivity contribution in [2.45, 2.75) is 51.2 Å². The number of nitrogens with one attached hydrogen (secondary N) is 1. The summed E-state index contributed by atoms with van der Waals surface area (Å²) < 4.78 is 11.6. The molecule has 21 heavy (non-hydrogen) atoms. The van der Waals surface area contributed by atoms with Gasteiger partial charge in [-0.15, -0.1) is 0 Å². The molecule has 0 spiro atoms. The monoisotopic (exact) mass is 294 g/mol. The van der Waals surface area contributed by atoms with Crippen molar-refractivity contribution in [3.8, 4) is 0 Å². The van der Waals surface area contributed by atoms with Crippen molar-refractivity contribution in [1.29, 1.82) is 0 Å². The molecule has 0 aromatic carbocycles. The Morgan fingerprint density at radius 3 is 2.71 bits per heavy atom. The van der Waals surface area contributed by atoms with Crippen molar-refractivity contribution >= 4 is 0 Å². The summed E-state index contributed by atoms with van der Waals surface area (Å²) in [6.07, 6.45) is 4.36. The molecule has 1 aromatic heterocycles. The fourth-order valence-corrected chi connectivity index (χ4v) is 3.47. The number of nitrogens with zero attached hydrogens (tertiary/aromatic N) is 3. The molecule has 2 fully saturated rings. The molecule has 118 valence electrons. The molecule has 1 N–H and O–H groups in total. The molecule has 3 rings (SSSR count). The number of hydrogen-bond acceptors (Lipinski definition) is 6. The van der Waals surface area contributed by atoms with Crippen molar-refractivity contribution in [2.24, 2.45) is 0 Å². The van der Waals surface area contributed by atoms with Crippen LogP contribution in [0, 0.1) is 0 Å². The largest absolute Gasteiger partial charge is 0.367 e. The number of hydrogen-bond donors (Lipinski definition) is 1. The second kappa shape index (κ2) is 6.42. The molecule has 1 unspecified atom stereocenters. The van der Waals surface area contributed by atoms with Crippen molar-refractivity contribution in [3.05, 3.63) is 11.7 Å². The molecule has 2 heterocycles. The lowest BCUT2D eigenvalue weighted by Crippen LogP contribution is -2.44. The molecule has 0 bridgehead atoms. The van der Waals surface area contributed by atoms with Crippen molar-refractivity contribution in [3.63, 3.8) is 0 Å². The van der Waals surface area contributed by atoms with E-state index >= 15 is 0 Å². The molecular weight excluding hydrogens is 268 g/mol. The minimum Gasteiger partial charge on any atom is -0.367 e. The first kappa shape index (κ1) is 14.9. The van der Waals surface area contributed by atoms with Gasteiger partial charge in [0.15, 0.2) is 0 Å². The third-order valence-electron chi connectivity index (χ3n) is 4.74. The van der Waals surface area contributed by atoms with E-state index in [9.17, 15) is 0 Å². The van der Waals surface area contributed by atoms with Gasteiger partial charge in [-0.1, -0.05) is 5.16 Å². The second-order valence-corrected chi connectivity index (χ2v) is 6.05. The highest BCUT2D eigenvalue weighted by Crippen LogP contribution is 2.41. The molecule has 1 aromatic rings. The summed E-state index contributed by atoms with van der Waals surface area (Å²) in [6, 6.07) is 0.174. The molecule has 6 heteroatoms. The quantitative estimate of drug-likeness (QED) is 0.894. The van der Waals surface area contributed by atoms with Gasteiger partial charge in [0, 0.05) is 32.8 Å². The van der Waals surface area contributed by atoms with Gasteiger partial charge in [0.1, 0.15) is 5.60 Å². The van der Waals surface area contributed by atoms with Crippen LogP contribution < -0.4 is 5.32 Å². The first-order valence-corrected chi connectivity index (χ1v) is 8.18. The van der Waals surface area contributed by atoms with Gasteiger partial charge in [-0.2, -0.15) is 4.98 Å². The van der Waals surface area contributed by atoms with E-state index in [0.717, 1.165) is 50.7 Å². The highest BCUT2D eigenvalue weighted by molar-refractivity contribution is 5.06. The van der Waals surface area contributed by atoms with E-state index in [1.165, 1.54) is 12.8 Å². The minimum atomic E-state index is -0.306. The maximum atomic E-state index is 6.01. The summed E-state index contributed by atoms with van der Waals surface area (Å²) in [6.45, 7) is 8.96. The predicted octanol–water partition coefficient (Wildman–Crippen LogP) is 1.84. The van der Waals surface area contributed by atoms with Crippen LogP contribution in [0.1, 0.15) is 57.3 Å². The lowest BCUT2D eigenvalue weighted by Gasteiger charge is -2.30. The first-order chi connectivity index (χ1) is 10.2. The summed E-state index contributed by atoms with van der Waals surface area (Å²) in [4.78, 5) is 7.08. The molecule has 1 atom stereocenters. The Labute approximate surface area is 126 Å². The lowest BCUT2D eigenvalue weighted by atomic mass is 10.0. The van der Waals surface area contributed by atoms with Gasteiger partial charge in [0.05, 0.1) is 6.04 Å². The first-order valence-electron chi connectivity index (χ1n) is 8.18.